The molecule has 0 bridgehead atoms. The van der Waals surface area contributed by atoms with Gasteiger partial charge in [-0.25, -0.2) is 9.97 Å². The first-order valence-electron chi connectivity index (χ1n) is 4.97. The van der Waals surface area contributed by atoms with Crippen molar-refractivity contribution in [1.29, 1.82) is 0 Å². The number of hydrogen-bond acceptors (Lipinski definition) is 5. The number of rotatable bonds is 4. The lowest BCUT2D eigenvalue weighted by Gasteiger charge is -2.08. The minimum atomic E-state index is -0.105. The van der Waals surface area contributed by atoms with Crippen molar-refractivity contribution in [2.75, 3.05) is 0 Å². The molecule has 0 spiro atoms. The van der Waals surface area contributed by atoms with Gasteiger partial charge in [0, 0.05) is 12.4 Å². The fourth-order valence-electron chi connectivity index (χ4n) is 1.32. The Kier molecular flexibility index (Phi) is 3.30. The largest absolute Gasteiger partial charge is 0.507 e. The Morgan fingerprint density at radius 1 is 1.24 bits per heavy atom. The normalized spacial score (nSPS) is 9.88. The summed E-state index contributed by atoms with van der Waals surface area (Å²) in [6.45, 7) is 0.144. The fraction of sp³-hybridized carbons (Fsp3) is 0.0833. The molecule has 86 valence electrons. The predicted molar refractivity (Wildman–Crippen MR) is 59.9 cm³/mol. The molecule has 1 heterocycles. The highest BCUT2D eigenvalue weighted by molar-refractivity contribution is 5.83. The third kappa shape index (κ3) is 2.57. The molecule has 0 aliphatic rings. The topological polar surface area (TPSA) is 72.3 Å². The van der Waals surface area contributed by atoms with E-state index in [-0.39, 0.29) is 17.9 Å². The molecule has 2 rings (SSSR count). The van der Waals surface area contributed by atoms with E-state index >= 15 is 0 Å². The fourth-order valence-corrected chi connectivity index (χ4v) is 1.32. The summed E-state index contributed by atoms with van der Waals surface area (Å²) >= 11 is 0. The van der Waals surface area contributed by atoms with E-state index in [1.165, 1.54) is 6.07 Å². The van der Waals surface area contributed by atoms with E-state index in [0.29, 0.717) is 17.9 Å². The molecule has 0 saturated heterocycles. The maximum Gasteiger partial charge on any atom is 0.166 e. The van der Waals surface area contributed by atoms with Crippen LogP contribution in [0.2, 0.25) is 0 Å². The van der Waals surface area contributed by atoms with Crippen molar-refractivity contribution in [2.24, 2.45) is 0 Å². The van der Waals surface area contributed by atoms with Crippen molar-refractivity contribution in [3.8, 4) is 11.5 Å². The predicted octanol–water partition coefficient (Wildman–Crippen LogP) is 1.57. The standard InChI is InChI=1S/C12H10N2O3/c15-7-9-10(16)3-1-4-11(9)17-8-12-13-5-2-6-14-12/h1-7,16H,8H2. The summed E-state index contributed by atoms with van der Waals surface area (Å²) < 4.78 is 5.38. The number of carbonyl (C=O) groups excluding carboxylic acids is 1. The summed E-state index contributed by atoms with van der Waals surface area (Å²) in [6, 6.07) is 6.33. The number of aldehydes is 1. The number of ether oxygens (including phenoxy) is 1. The molecule has 1 aromatic carbocycles. The van der Waals surface area contributed by atoms with Gasteiger partial charge < -0.3 is 9.84 Å². The summed E-state index contributed by atoms with van der Waals surface area (Å²) in [5.41, 5.74) is 0.128. The van der Waals surface area contributed by atoms with Gasteiger partial charge in [-0.1, -0.05) is 6.07 Å². The zero-order valence-electron chi connectivity index (χ0n) is 8.91. The van der Waals surface area contributed by atoms with E-state index in [0.717, 1.165) is 0 Å². The Bertz CT molecular complexity index is 514. The summed E-state index contributed by atoms with van der Waals surface area (Å²) in [5.74, 6) is 0.714. The first-order chi connectivity index (χ1) is 8.31. The first kappa shape index (κ1) is 11.1. The quantitative estimate of drug-likeness (QED) is 0.807. The maximum atomic E-state index is 10.8. The number of hydrogen-bond donors (Lipinski definition) is 1. The van der Waals surface area contributed by atoms with E-state index in [4.69, 9.17) is 4.74 Å². The SMILES string of the molecule is O=Cc1c(O)cccc1OCc1ncccn1. The molecule has 0 amide bonds. The van der Waals surface area contributed by atoms with Gasteiger partial charge >= 0.3 is 0 Å². The van der Waals surface area contributed by atoms with Crippen LogP contribution in [0.5, 0.6) is 11.5 Å². The van der Waals surface area contributed by atoms with Gasteiger partial charge in [-0.2, -0.15) is 0 Å². The monoisotopic (exact) mass is 230 g/mol. The summed E-state index contributed by atoms with van der Waals surface area (Å²) in [5, 5.41) is 9.45. The van der Waals surface area contributed by atoms with E-state index in [1.807, 2.05) is 0 Å². The molecule has 0 saturated carbocycles. The molecule has 17 heavy (non-hydrogen) atoms. The molecule has 0 atom stereocenters. The second-order valence-electron chi connectivity index (χ2n) is 3.26. The molecule has 5 heteroatoms. The highest BCUT2D eigenvalue weighted by atomic mass is 16.5. The lowest BCUT2D eigenvalue weighted by molar-refractivity contribution is 0.111. The van der Waals surface area contributed by atoms with Crippen LogP contribution >= 0.6 is 0 Å². The van der Waals surface area contributed by atoms with Gasteiger partial charge in [-0.3, -0.25) is 4.79 Å². The van der Waals surface area contributed by atoms with Crippen molar-refractivity contribution < 1.29 is 14.6 Å². The highest BCUT2D eigenvalue weighted by Gasteiger charge is 2.08. The van der Waals surface area contributed by atoms with Gasteiger partial charge in [0.2, 0.25) is 0 Å². The van der Waals surface area contributed by atoms with Crippen molar-refractivity contribution in [1.82, 2.24) is 9.97 Å². The molecule has 2 aromatic rings. The molecule has 0 radical (unpaired) electrons. The first-order valence-corrected chi connectivity index (χ1v) is 4.97. The smallest absolute Gasteiger partial charge is 0.166 e. The number of aromatic nitrogens is 2. The molecular weight excluding hydrogens is 220 g/mol. The molecule has 0 unspecified atom stereocenters. The van der Waals surface area contributed by atoms with E-state index in [1.54, 1.807) is 30.6 Å². The van der Waals surface area contributed by atoms with Gasteiger partial charge in [-0.15, -0.1) is 0 Å². The zero-order valence-corrected chi connectivity index (χ0v) is 8.91. The Morgan fingerprint density at radius 3 is 2.71 bits per heavy atom. The molecule has 0 aliphatic carbocycles. The third-order valence-electron chi connectivity index (χ3n) is 2.14. The van der Waals surface area contributed by atoms with Crippen LogP contribution in [0.4, 0.5) is 0 Å². The number of phenolic OH excluding ortho intramolecular Hbond substituents is 1. The average molecular weight is 230 g/mol. The van der Waals surface area contributed by atoms with Crippen LogP contribution in [0.15, 0.2) is 36.7 Å². The second kappa shape index (κ2) is 5.07. The molecule has 1 N–H and O–H groups in total. The number of nitrogens with zero attached hydrogens (tertiary/aromatic N) is 2. The minimum absolute atomic E-state index is 0.105. The number of carbonyl (C=O) groups is 1. The van der Waals surface area contributed by atoms with Gasteiger partial charge in [0.15, 0.2) is 12.1 Å². The molecular formula is C12H10N2O3. The molecule has 5 nitrogen and oxygen atoms in total. The Labute approximate surface area is 97.7 Å². The molecule has 0 fully saturated rings. The highest BCUT2D eigenvalue weighted by Crippen LogP contribution is 2.25. The van der Waals surface area contributed by atoms with E-state index < -0.39 is 0 Å². The van der Waals surface area contributed by atoms with Crippen molar-refractivity contribution >= 4 is 6.29 Å². The summed E-state index contributed by atoms with van der Waals surface area (Å²) in [4.78, 5) is 18.8. The maximum absolute atomic E-state index is 10.8. The van der Waals surface area contributed by atoms with Crippen LogP contribution in [0.25, 0.3) is 0 Å². The minimum Gasteiger partial charge on any atom is -0.507 e. The number of aromatic hydroxyl groups is 1. The van der Waals surface area contributed by atoms with Crippen LogP contribution in [0.3, 0.4) is 0 Å². The summed E-state index contributed by atoms with van der Waals surface area (Å²) in [7, 11) is 0. The van der Waals surface area contributed by atoms with Crippen LogP contribution in [0.1, 0.15) is 16.2 Å². The van der Waals surface area contributed by atoms with Gasteiger partial charge in [0.1, 0.15) is 18.1 Å². The van der Waals surface area contributed by atoms with Gasteiger partial charge in [-0.05, 0) is 18.2 Å². The van der Waals surface area contributed by atoms with E-state index in [2.05, 4.69) is 9.97 Å². The Hall–Kier alpha value is -2.43. The lowest BCUT2D eigenvalue weighted by atomic mass is 10.2. The second-order valence-corrected chi connectivity index (χ2v) is 3.26. The van der Waals surface area contributed by atoms with Crippen LogP contribution in [-0.4, -0.2) is 21.4 Å². The third-order valence-corrected chi connectivity index (χ3v) is 2.14. The summed E-state index contributed by atoms with van der Waals surface area (Å²) in [6.07, 6.45) is 3.76. The number of phenols is 1. The van der Waals surface area contributed by atoms with Crippen LogP contribution in [-0.2, 0) is 6.61 Å². The van der Waals surface area contributed by atoms with Crippen LogP contribution < -0.4 is 4.74 Å². The lowest BCUT2D eigenvalue weighted by Crippen LogP contribution is -2.02. The molecule has 1 aromatic heterocycles. The zero-order chi connectivity index (χ0) is 12.1. The van der Waals surface area contributed by atoms with Gasteiger partial charge in [0.25, 0.3) is 0 Å². The van der Waals surface area contributed by atoms with Crippen molar-refractivity contribution in [3.05, 3.63) is 48.0 Å². The number of benzene rings is 1. The average Bonchev–Trinajstić information content (AvgIpc) is 2.37. The van der Waals surface area contributed by atoms with Gasteiger partial charge in [0.05, 0.1) is 5.56 Å². The van der Waals surface area contributed by atoms with Crippen molar-refractivity contribution in [2.45, 2.75) is 6.61 Å². The Morgan fingerprint density at radius 2 is 2.00 bits per heavy atom. The molecule has 0 aliphatic heterocycles. The Balaban J connectivity index is 2.14. The van der Waals surface area contributed by atoms with Crippen molar-refractivity contribution in [3.63, 3.8) is 0 Å². The van der Waals surface area contributed by atoms with Crippen LogP contribution in [0, 0.1) is 0 Å². The van der Waals surface area contributed by atoms with E-state index in [9.17, 15) is 9.90 Å².